The molecule has 0 saturated carbocycles. The molecule has 1 aromatic heterocycles. The standard InChI is InChI=1S/C17H20N2O3S/c1-2-5-16-19-13(11-23-16)17(20)18-9-8-12-10-21-14-6-3-4-7-15(14)22-12/h3-4,6-7,11-12H,2,5,8-10H2,1H3,(H,18,20)/t12-/m0/s1. The lowest BCUT2D eigenvalue weighted by Crippen LogP contribution is -2.34. The third kappa shape index (κ3) is 4.01. The van der Waals surface area contributed by atoms with Crippen molar-refractivity contribution in [3.05, 3.63) is 40.3 Å². The highest BCUT2D eigenvalue weighted by atomic mass is 32.1. The van der Waals surface area contributed by atoms with E-state index in [2.05, 4.69) is 17.2 Å². The zero-order valence-electron chi connectivity index (χ0n) is 13.1. The largest absolute Gasteiger partial charge is 0.486 e. The number of aromatic nitrogens is 1. The van der Waals surface area contributed by atoms with Crippen LogP contribution in [0.15, 0.2) is 29.6 Å². The molecule has 6 heteroatoms. The number of benzene rings is 1. The Kier molecular flexibility index (Phi) is 5.12. The number of nitrogens with one attached hydrogen (secondary N) is 1. The van der Waals surface area contributed by atoms with Crippen molar-refractivity contribution in [2.24, 2.45) is 0 Å². The van der Waals surface area contributed by atoms with E-state index in [1.807, 2.05) is 29.6 Å². The van der Waals surface area contributed by atoms with Gasteiger partial charge in [-0.15, -0.1) is 11.3 Å². The predicted molar refractivity (Wildman–Crippen MR) is 89.4 cm³/mol. The van der Waals surface area contributed by atoms with Crippen LogP contribution >= 0.6 is 11.3 Å². The van der Waals surface area contributed by atoms with Crippen LogP contribution in [-0.4, -0.2) is 30.1 Å². The third-order valence-corrected chi connectivity index (χ3v) is 4.48. The highest BCUT2D eigenvalue weighted by molar-refractivity contribution is 7.09. The molecule has 1 aliphatic rings. The molecule has 5 nitrogen and oxygen atoms in total. The van der Waals surface area contributed by atoms with Crippen LogP contribution < -0.4 is 14.8 Å². The summed E-state index contributed by atoms with van der Waals surface area (Å²) in [5, 5.41) is 5.72. The molecular formula is C17H20N2O3S. The van der Waals surface area contributed by atoms with Crippen LogP contribution in [-0.2, 0) is 6.42 Å². The van der Waals surface area contributed by atoms with Crippen LogP contribution in [0.4, 0.5) is 0 Å². The van der Waals surface area contributed by atoms with E-state index in [1.165, 1.54) is 11.3 Å². The lowest BCUT2D eigenvalue weighted by atomic mass is 10.2. The lowest BCUT2D eigenvalue weighted by molar-refractivity contribution is 0.0811. The van der Waals surface area contributed by atoms with E-state index in [4.69, 9.17) is 9.47 Å². The Morgan fingerprint density at radius 1 is 1.39 bits per heavy atom. The number of thiazole rings is 1. The number of amides is 1. The monoisotopic (exact) mass is 332 g/mol. The average Bonchev–Trinajstić information content (AvgIpc) is 3.04. The minimum Gasteiger partial charge on any atom is -0.486 e. The molecule has 1 atom stereocenters. The first-order chi connectivity index (χ1) is 11.3. The molecule has 122 valence electrons. The van der Waals surface area contributed by atoms with Crippen molar-refractivity contribution in [2.45, 2.75) is 32.3 Å². The van der Waals surface area contributed by atoms with Gasteiger partial charge in [0.2, 0.25) is 0 Å². The van der Waals surface area contributed by atoms with Crippen molar-refractivity contribution in [2.75, 3.05) is 13.2 Å². The molecule has 3 rings (SSSR count). The van der Waals surface area contributed by atoms with E-state index in [0.29, 0.717) is 25.3 Å². The molecule has 0 saturated heterocycles. The maximum absolute atomic E-state index is 12.1. The Balaban J connectivity index is 1.45. The number of carbonyl (C=O) groups is 1. The number of carbonyl (C=O) groups excluding carboxylic acids is 1. The average molecular weight is 332 g/mol. The smallest absolute Gasteiger partial charge is 0.270 e. The van der Waals surface area contributed by atoms with Gasteiger partial charge in [0.05, 0.1) is 5.01 Å². The number of nitrogens with zero attached hydrogens (tertiary/aromatic N) is 1. The fourth-order valence-electron chi connectivity index (χ4n) is 2.39. The first kappa shape index (κ1) is 15.8. The summed E-state index contributed by atoms with van der Waals surface area (Å²) in [4.78, 5) is 16.4. The highest BCUT2D eigenvalue weighted by Crippen LogP contribution is 2.31. The third-order valence-electron chi connectivity index (χ3n) is 3.57. The molecule has 0 spiro atoms. The molecule has 1 aromatic carbocycles. The zero-order valence-corrected chi connectivity index (χ0v) is 13.9. The number of aryl methyl sites for hydroxylation is 1. The molecule has 2 aromatic rings. The van der Waals surface area contributed by atoms with Gasteiger partial charge in [0.15, 0.2) is 11.5 Å². The van der Waals surface area contributed by atoms with Crippen LogP contribution in [0.25, 0.3) is 0 Å². The molecule has 23 heavy (non-hydrogen) atoms. The van der Waals surface area contributed by atoms with Crippen molar-refractivity contribution in [1.82, 2.24) is 10.3 Å². The number of hydrogen-bond acceptors (Lipinski definition) is 5. The Morgan fingerprint density at radius 3 is 3.04 bits per heavy atom. The molecule has 0 bridgehead atoms. The molecule has 0 unspecified atom stereocenters. The quantitative estimate of drug-likeness (QED) is 0.883. The summed E-state index contributed by atoms with van der Waals surface area (Å²) in [6, 6.07) is 7.62. The van der Waals surface area contributed by atoms with Crippen molar-refractivity contribution in [1.29, 1.82) is 0 Å². The van der Waals surface area contributed by atoms with Gasteiger partial charge in [0.1, 0.15) is 18.4 Å². The summed E-state index contributed by atoms with van der Waals surface area (Å²) < 4.78 is 11.5. The van der Waals surface area contributed by atoms with E-state index >= 15 is 0 Å². The molecule has 1 amide bonds. The van der Waals surface area contributed by atoms with Crippen LogP contribution in [0, 0.1) is 0 Å². The number of para-hydroxylation sites is 2. The lowest BCUT2D eigenvalue weighted by Gasteiger charge is -2.26. The number of rotatable bonds is 6. The van der Waals surface area contributed by atoms with Crippen LogP contribution in [0.1, 0.15) is 35.3 Å². The normalized spacial score (nSPS) is 16.1. The summed E-state index contributed by atoms with van der Waals surface area (Å²) in [5.41, 5.74) is 0.504. The second kappa shape index (κ2) is 7.46. The van der Waals surface area contributed by atoms with Crippen molar-refractivity contribution in [3.63, 3.8) is 0 Å². The number of hydrogen-bond donors (Lipinski definition) is 1. The van der Waals surface area contributed by atoms with Crippen LogP contribution in [0.2, 0.25) is 0 Å². The van der Waals surface area contributed by atoms with Gasteiger partial charge in [0, 0.05) is 18.3 Å². The molecular weight excluding hydrogens is 312 g/mol. The SMILES string of the molecule is CCCc1nc(C(=O)NCC[C@H]2COc3ccccc3O2)cs1. The van der Waals surface area contributed by atoms with Crippen molar-refractivity contribution in [3.8, 4) is 11.5 Å². The van der Waals surface area contributed by atoms with Gasteiger partial charge < -0.3 is 14.8 Å². The van der Waals surface area contributed by atoms with Gasteiger partial charge in [0.25, 0.3) is 5.91 Å². The molecule has 1 N–H and O–H groups in total. The summed E-state index contributed by atoms with van der Waals surface area (Å²) in [7, 11) is 0. The van der Waals surface area contributed by atoms with Crippen LogP contribution in [0.5, 0.6) is 11.5 Å². The second-order valence-electron chi connectivity index (χ2n) is 5.42. The van der Waals surface area contributed by atoms with E-state index in [0.717, 1.165) is 29.3 Å². The molecule has 0 radical (unpaired) electrons. The molecule has 0 fully saturated rings. The fourth-order valence-corrected chi connectivity index (χ4v) is 3.27. The fraction of sp³-hybridized carbons (Fsp3) is 0.412. The predicted octanol–water partition coefficient (Wildman–Crippen LogP) is 3.06. The van der Waals surface area contributed by atoms with E-state index in [-0.39, 0.29) is 12.0 Å². The minimum absolute atomic E-state index is 0.0451. The molecule has 0 aliphatic carbocycles. The number of ether oxygens (including phenoxy) is 2. The van der Waals surface area contributed by atoms with Gasteiger partial charge in [-0.25, -0.2) is 4.98 Å². The summed E-state index contributed by atoms with van der Waals surface area (Å²) in [5.74, 6) is 1.42. The first-order valence-corrected chi connectivity index (χ1v) is 8.75. The van der Waals surface area contributed by atoms with E-state index in [9.17, 15) is 4.79 Å². The molecule has 2 heterocycles. The van der Waals surface area contributed by atoms with Gasteiger partial charge >= 0.3 is 0 Å². The Labute approximate surface area is 139 Å². The zero-order chi connectivity index (χ0) is 16.1. The van der Waals surface area contributed by atoms with Gasteiger partial charge in [-0.2, -0.15) is 0 Å². The first-order valence-electron chi connectivity index (χ1n) is 7.87. The Morgan fingerprint density at radius 2 is 2.22 bits per heavy atom. The van der Waals surface area contributed by atoms with E-state index in [1.54, 1.807) is 0 Å². The second-order valence-corrected chi connectivity index (χ2v) is 6.36. The van der Waals surface area contributed by atoms with E-state index < -0.39 is 0 Å². The van der Waals surface area contributed by atoms with Crippen LogP contribution in [0.3, 0.4) is 0 Å². The van der Waals surface area contributed by atoms with Crippen molar-refractivity contribution >= 4 is 17.2 Å². The summed E-state index contributed by atoms with van der Waals surface area (Å²) in [6.07, 6.45) is 2.61. The summed E-state index contributed by atoms with van der Waals surface area (Å²) in [6.45, 7) is 3.14. The topological polar surface area (TPSA) is 60.5 Å². The Hall–Kier alpha value is -2.08. The maximum atomic E-state index is 12.1. The summed E-state index contributed by atoms with van der Waals surface area (Å²) >= 11 is 1.54. The highest BCUT2D eigenvalue weighted by Gasteiger charge is 2.20. The Bertz CT molecular complexity index is 671. The van der Waals surface area contributed by atoms with Gasteiger partial charge in [-0.05, 0) is 25.0 Å². The number of fused-ring (bicyclic) bond motifs is 1. The minimum atomic E-state index is -0.124. The van der Waals surface area contributed by atoms with Gasteiger partial charge in [-0.1, -0.05) is 19.1 Å². The van der Waals surface area contributed by atoms with Gasteiger partial charge in [-0.3, -0.25) is 4.79 Å². The molecule has 1 aliphatic heterocycles. The maximum Gasteiger partial charge on any atom is 0.270 e. The van der Waals surface area contributed by atoms with Crippen molar-refractivity contribution < 1.29 is 14.3 Å².